The molecule has 7 nitrogen and oxygen atoms in total. The van der Waals surface area contributed by atoms with Crippen molar-refractivity contribution in [3.63, 3.8) is 0 Å². The number of hydrogen-bond acceptors (Lipinski definition) is 6. The van der Waals surface area contributed by atoms with Crippen LogP contribution in [0.15, 0.2) is 5.38 Å². The normalized spacial score (nSPS) is 19.8. The van der Waals surface area contributed by atoms with Gasteiger partial charge >= 0.3 is 12.1 Å². The van der Waals surface area contributed by atoms with Crippen LogP contribution in [-0.4, -0.2) is 71.4 Å². The number of hydrogen-bond donors (Lipinski definition) is 2. The zero-order valence-corrected chi connectivity index (χ0v) is 15.7. The Morgan fingerprint density at radius 1 is 1.30 bits per heavy atom. The molecule has 1 amide bonds. The van der Waals surface area contributed by atoms with E-state index in [9.17, 15) is 18.0 Å². The van der Waals surface area contributed by atoms with Crippen LogP contribution in [0.3, 0.4) is 0 Å². The summed E-state index contributed by atoms with van der Waals surface area (Å²) in [5.74, 6) is -2.71. The van der Waals surface area contributed by atoms with E-state index in [0.717, 1.165) is 43.9 Å². The third kappa shape index (κ3) is 6.15. The Bertz CT molecular complexity index is 660. The van der Waals surface area contributed by atoms with Crippen LogP contribution in [0.4, 0.5) is 13.2 Å². The molecule has 152 valence electrons. The van der Waals surface area contributed by atoms with Gasteiger partial charge in [0, 0.05) is 18.5 Å². The first-order chi connectivity index (χ1) is 12.6. The van der Waals surface area contributed by atoms with Crippen LogP contribution >= 0.6 is 11.3 Å². The standard InChI is InChI=1S/C14H21N3O2S.C2HF3O2/c1-11-16-12(10-20-11)13(18)17-7-4-14(19-9-8-17)2-5-15-6-3-14;3-2(4,5)1(6)7/h10,15H,2-9H2,1H3;(H,6,7). The largest absolute Gasteiger partial charge is 0.490 e. The second-order valence-corrected chi connectivity index (χ2v) is 7.44. The van der Waals surface area contributed by atoms with E-state index in [4.69, 9.17) is 14.6 Å². The average Bonchev–Trinajstić information content (AvgIpc) is 2.94. The lowest BCUT2D eigenvalue weighted by atomic mass is 9.89. The first-order valence-electron chi connectivity index (χ1n) is 8.49. The number of aromatic nitrogens is 1. The summed E-state index contributed by atoms with van der Waals surface area (Å²) >= 11 is 1.53. The molecule has 2 saturated heterocycles. The Labute approximate surface area is 158 Å². The number of carboxylic acid groups (broad SMARTS) is 1. The number of thiazole rings is 1. The number of carboxylic acids is 1. The monoisotopic (exact) mass is 409 g/mol. The van der Waals surface area contributed by atoms with Gasteiger partial charge in [0.05, 0.1) is 17.2 Å². The number of carbonyl (C=O) groups is 2. The number of aliphatic carboxylic acids is 1. The molecule has 0 atom stereocenters. The van der Waals surface area contributed by atoms with E-state index in [1.165, 1.54) is 11.3 Å². The van der Waals surface area contributed by atoms with Crippen LogP contribution in [0.25, 0.3) is 0 Å². The molecule has 2 fully saturated rings. The second kappa shape index (κ2) is 8.98. The summed E-state index contributed by atoms with van der Waals surface area (Å²) in [6.45, 7) is 6.03. The highest BCUT2D eigenvalue weighted by Gasteiger charge is 2.38. The average molecular weight is 409 g/mol. The van der Waals surface area contributed by atoms with Gasteiger partial charge in [-0.05, 0) is 39.3 Å². The van der Waals surface area contributed by atoms with Crippen LogP contribution in [-0.2, 0) is 9.53 Å². The molecule has 3 rings (SSSR count). The maximum Gasteiger partial charge on any atom is 0.490 e. The van der Waals surface area contributed by atoms with Crippen LogP contribution in [0.1, 0.15) is 34.8 Å². The molecule has 3 heterocycles. The van der Waals surface area contributed by atoms with Crippen molar-refractivity contribution >= 4 is 23.2 Å². The summed E-state index contributed by atoms with van der Waals surface area (Å²) in [5, 5.41) is 13.3. The summed E-state index contributed by atoms with van der Waals surface area (Å²) in [6, 6.07) is 0. The minimum atomic E-state index is -5.08. The number of alkyl halides is 3. The zero-order chi connectivity index (χ0) is 20.1. The number of amides is 1. The molecule has 0 radical (unpaired) electrons. The molecular formula is C16H22F3N3O4S. The molecule has 0 aliphatic carbocycles. The smallest absolute Gasteiger partial charge is 0.475 e. The van der Waals surface area contributed by atoms with Crippen LogP contribution in [0.5, 0.6) is 0 Å². The first-order valence-corrected chi connectivity index (χ1v) is 9.37. The number of nitrogens with zero attached hydrogens (tertiary/aromatic N) is 2. The number of halogens is 3. The van der Waals surface area contributed by atoms with E-state index in [2.05, 4.69) is 10.3 Å². The number of ether oxygens (including phenoxy) is 1. The lowest BCUT2D eigenvalue weighted by Crippen LogP contribution is -2.44. The zero-order valence-electron chi connectivity index (χ0n) is 14.8. The molecule has 2 aliphatic rings. The van der Waals surface area contributed by atoms with Crippen molar-refractivity contribution in [2.24, 2.45) is 0 Å². The minimum absolute atomic E-state index is 0.0156. The summed E-state index contributed by atoms with van der Waals surface area (Å²) in [5.41, 5.74) is 0.562. The highest BCUT2D eigenvalue weighted by molar-refractivity contribution is 7.09. The van der Waals surface area contributed by atoms with Gasteiger partial charge in [0.25, 0.3) is 5.91 Å². The van der Waals surface area contributed by atoms with Crippen molar-refractivity contribution in [3.8, 4) is 0 Å². The Morgan fingerprint density at radius 3 is 2.44 bits per heavy atom. The van der Waals surface area contributed by atoms with E-state index >= 15 is 0 Å². The number of aryl methyl sites for hydroxylation is 1. The Hall–Kier alpha value is -1.72. The Balaban J connectivity index is 0.000000321. The predicted molar refractivity (Wildman–Crippen MR) is 91.8 cm³/mol. The molecule has 27 heavy (non-hydrogen) atoms. The van der Waals surface area contributed by atoms with Crippen molar-refractivity contribution in [2.45, 2.75) is 38.0 Å². The number of rotatable bonds is 1. The van der Waals surface area contributed by atoms with Crippen LogP contribution < -0.4 is 5.32 Å². The van der Waals surface area contributed by atoms with E-state index < -0.39 is 12.1 Å². The van der Waals surface area contributed by atoms with Gasteiger partial charge in [0.1, 0.15) is 5.69 Å². The van der Waals surface area contributed by atoms with Crippen LogP contribution in [0.2, 0.25) is 0 Å². The molecule has 0 saturated carbocycles. The van der Waals surface area contributed by atoms with Crippen LogP contribution in [0, 0.1) is 6.92 Å². The fraction of sp³-hybridized carbons (Fsp3) is 0.688. The molecule has 0 unspecified atom stereocenters. The SMILES string of the molecule is Cc1nc(C(=O)N2CCOC3(CCNCC3)CC2)cs1.O=C(O)C(F)(F)F. The van der Waals surface area contributed by atoms with Gasteiger partial charge in [-0.3, -0.25) is 4.79 Å². The molecule has 2 N–H and O–H groups in total. The number of piperidine rings is 1. The second-order valence-electron chi connectivity index (χ2n) is 6.38. The maximum absolute atomic E-state index is 12.4. The Kier molecular flexibility index (Phi) is 7.18. The van der Waals surface area contributed by atoms with E-state index in [1.54, 1.807) is 0 Å². The number of carbonyl (C=O) groups excluding carboxylic acids is 1. The quantitative estimate of drug-likeness (QED) is 0.738. The third-order valence-corrected chi connectivity index (χ3v) is 5.26. The first kappa shape index (κ1) is 21.6. The minimum Gasteiger partial charge on any atom is -0.475 e. The Morgan fingerprint density at radius 2 is 1.93 bits per heavy atom. The third-order valence-electron chi connectivity index (χ3n) is 4.49. The molecule has 2 aliphatic heterocycles. The molecule has 1 aromatic heterocycles. The lowest BCUT2D eigenvalue weighted by molar-refractivity contribution is -0.192. The van der Waals surface area contributed by atoms with Crippen molar-refractivity contribution < 1.29 is 32.6 Å². The lowest BCUT2D eigenvalue weighted by Gasteiger charge is -2.36. The van der Waals surface area contributed by atoms with Crippen molar-refractivity contribution in [1.82, 2.24) is 15.2 Å². The van der Waals surface area contributed by atoms with E-state index in [0.29, 0.717) is 18.8 Å². The number of nitrogens with one attached hydrogen (secondary N) is 1. The fourth-order valence-electron chi connectivity index (χ4n) is 3.00. The van der Waals surface area contributed by atoms with E-state index in [1.807, 2.05) is 17.2 Å². The van der Waals surface area contributed by atoms with Gasteiger partial charge in [0.2, 0.25) is 0 Å². The fourth-order valence-corrected chi connectivity index (χ4v) is 3.59. The van der Waals surface area contributed by atoms with Crippen molar-refractivity contribution in [3.05, 3.63) is 16.1 Å². The van der Waals surface area contributed by atoms with Gasteiger partial charge in [-0.25, -0.2) is 9.78 Å². The van der Waals surface area contributed by atoms with Gasteiger partial charge in [0.15, 0.2) is 0 Å². The maximum atomic E-state index is 12.4. The van der Waals surface area contributed by atoms with Gasteiger partial charge in [-0.2, -0.15) is 13.2 Å². The highest BCUT2D eigenvalue weighted by atomic mass is 32.1. The summed E-state index contributed by atoms with van der Waals surface area (Å²) in [4.78, 5) is 27.5. The van der Waals surface area contributed by atoms with Crippen molar-refractivity contribution in [1.29, 1.82) is 0 Å². The van der Waals surface area contributed by atoms with Gasteiger partial charge < -0.3 is 20.1 Å². The van der Waals surface area contributed by atoms with E-state index in [-0.39, 0.29) is 11.5 Å². The van der Waals surface area contributed by atoms with Gasteiger partial charge in [-0.15, -0.1) is 11.3 Å². The predicted octanol–water partition coefficient (Wildman–Crippen LogP) is 2.07. The molecule has 1 spiro atoms. The summed E-state index contributed by atoms with van der Waals surface area (Å²) in [7, 11) is 0. The molecule has 0 aromatic carbocycles. The molecule has 1 aromatic rings. The van der Waals surface area contributed by atoms with Gasteiger partial charge in [-0.1, -0.05) is 0 Å². The molecular weight excluding hydrogens is 387 g/mol. The topological polar surface area (TPSA) is 91.8 Å². The molecule has 0 bridgehead atoms. The summed E-state index contributed by atoms with van der Waals surface area (Å²) < 4.78 is 37.8. The summed E-state index contributed by atoms with van der Waals surface area (Å²) in [6.07, 6.45) is -2.06. The highest BCUT2D eigenvalue weighted by Crippen LogP contribution is 2.29. The molecule has 11 heteroatoms. The van der Waals surface area contributed by atoms with Crippen molar-refractivity contribution in [2.75, 3.05) is 32.8 Å².